The molecule has 30 heavy (non-hydrogen) atoms. The maximum atomic E-state index is 13.4. The fraction of sp³-hybridized carbons (Fsp3) is 0.292. The van der Waals surface area contributed by atoms with Crippen LogP contribution in [0.25, 0.3) is 0 Å². The van der Waals surface area contributed by atoms with Crippen LogP contribution in [0.15, 0.2) is 67.0 Å². The summed E-state index contributed by atoms with van der Waals surface area (Å²) in [6, 6.07) is 18.1. The molecule has 6 nitrogen and oxygen atoms in total. The van der Waals surface area contributed by atoms with Crippen LogP contribution < -0.4 is 14.7 Å². The van der Waals surface area contributed by atoms with Gasteiger partial charge in [0.2, 0.25) is 0 Å². The van der Waals surface area contributed by atoms with Gasteiger partial charge < -0.3 is 14.7 Å². The summed E-state index contributed by atoms with van der Waals surface area (Å²) in [5.74, 6) is 1.92. The lowest BCUT2D eigenvalue weighted by molar-refractivity contribution is 0.0981. The van der Waals surface area contributed by atoms with E-state index in [1.54, 1.807) is 6.20 Å². The molecular weight excluding hydrogens is 374 g/mol. The average Bonchev–Trinajstić information content (AvgIpc) is 3.15. The van der Waals surface area contributed by atoms with Crippen molar-refractivity contribution >= 4 is 23.2 Å². The number of hydrogen-bond acceptors (Lipinski definition) is 5. The second kappa shape index (κ2) is 7.78. The molecule has 1 atom stereocenters. The Morgan fingerprint density at radius 3 is 2.33 bits per heavy atom. The average molecular weight is 399 g/mol. The van der Waals surface area contributed by atoms with Crippen molar-refractivity contribution in [1.82, 2.24) is 9.97 Å². The van der Waals surface area contributed by atoms with Gasteiger partial charge in [0.15, 0.2) is 0 Å². The third-order valence-corrected chi connectivity index (χ3v) is 6.00. The van der Waals surface area contributed by atoms with Gasteiger partial charge in [0.1, 0.15) is 11.6 Å². The van der Waals surface area contributed by atoms with Gasteiger partial charge in [-0.15, -0.1) is 0 Å². The van der Waals surface area contributed by atoms with Gasteiger partial charge in [-0.25, -0.2) is 9.97 Å². The van der Waals surface area contributed by atoms with Gasteiger partial charge in [-0.2, -0.15) is 0 Å². The number of hydrogen-bond donors (Lipinski definition) is 0. The summed E-state index contributed by atoms with van der Waals surface area (Å²) in [7, 11) is 0. The Hall–Kier alpha value is -3.41. The maximum Gasteiger partial charge on any atom is 0.258 e. The number of benzene rings is 1. The van der Waals surface area contributed by atoms with Gasteiger partial charge in [0, 0.05) is 55.9 Å². The van der Waals surface area contributed by atoms with Crippen molar-refractivity contribution in [2.24, 2.45) is 0 Å². The van der Waals surface area contributed by atoms with E-state index in [0.29, 0.717) is 5.56 Å². The predicted molar refractivity (Wildman–Crippen MR) is 119 cm³/mol. The Kier molecular flexibility index (Phi) is 4.83. The molecule has 4 heterocycles. The molecule has 1 amide bonds. The number of fused-ring (bicyclic) bond motifs is 1. The van der Waals surface area contributed by atoms with Crippen molar-refractivity contribution in [2.75, 3.05) is 40.9 Å². The first kappa shape index (κ1) is 18.6. The zero-order valence-corrected chi connectivity index (χ0v) is 17.1. The topological polar surface area (TPSA) is 52.6 Å². The number of carbonyl (C=O) groups is 1. The first-order valence-electron chi connectivity index (χ1n) is 10.5. The van der Waals surface area contributed by atoms with Gasteiger partial charge in [-0.05, 0) is 49.2 Å². The second-order valence-corrected chi connectivity index (χ2v) is 7.92. The third kappa shape index (κ3) is 3.38. The molecule has 0 N–H and O–H groups in total. The van der Waals surface area contributed by atoms with Crippen molar-refractivity contribution in [3.8, 4) is 0 Å². The van der Waals surface area contributed by atoms with E-state index in [2.05, 4.69) is 32.8 Å². The monoisotopic (exact) mass is 399 g/mol. The molecule has 2 aromatic heterocycles. The van der Waals surface area contributed by atoms with E-state index in [0.717, 1.165) is 49.9 Å². The molecule has 0 saturated carbocycles. The molecule has 1 unspecified atom stereocenters. The summed E-state index contributed by atoms with van der Waals surface area (Å²) in [4.78, 5) is 28.8. The quantitative estimate of drug-likeness (QED) is 0.676. The summed E-state index contributed by atoms with van der Waals surface area (Å²) < 4.78 is 0. The van der Waals surface area contributed by atoms with E-state index in [-0.39, 0.29) is 11.9 Å². The minimum Gasteiger partial charge on any atom is -0.353 e. The Balaban J connectivity index is 1.32. The molecule has 152 valence electrons. The molecule has 1 aromatic carbocycles. The van der Waals surface area contributed by atoms with Crippen molar-refractivity contribution in [3.05, 3.63) is 78.1 Å². The van der Waals surface area contributed by atoms with E-state index in [4.69, 9.17) is 0 Å². The number of pyridine rings is 2. The summed E-state index contributed by atoms with van der Waals surface area (Å²) >= 11 is 0. The zero-order valence-electron chi connectivity index (χ0n) is 17.1. The van der Waals surface area contributed by atoms with Crippen LogP contribution >= 0.6 is 0 Å². The van der Waals surface area contributed by atoms with Crippen LogP contribution in [0, 0.1) is 0 Å². The summed E-state index contributed by atoms with van der Waals surface area (Å²) in [6.45, 7) is 5.58. The fourth-order valence-corrected chi connectivity index (χ4v) is 4.44. The lowest BCUT2D eigenvalue weighted by Crippen LogP contribution is -2.47. The van der Waals surface area contributed by atoms with Gasteiger partial charge in [-0.1, -0.05) is 24.3 Å². The van der Waals surface area contributed by atoms with Crippen LogP contribution in [-0.4, -0.2) is 48.1 Å². The molecule has 0 aliphatic carbocycles. The smallest absolute Gasteiger partial charge is 0.258 e. The number of aromatic nitrogens is 2. The van der Waals surface area contributed by atoms with Gasteiger partial charge in [-0.3, -0.25) is 4.79 Å². The first-order valence-corrected chi connectivity index (χ1v) is 10.5. The Morgan fingerprint density at radius 1 is 0.867 bits per heavy atom. The van der Waals surface area contributed by atoms with E-state index in [9.17, 15) is 4.79 Å². The van der Waals surface area contributed by atoms with Crippen molar-refractivity contribution in [1.29, 1.82) is 0 Å². The van der Waals surface area contributed by atoms with Crippen molar-refractivity contribution in [3.63, 3.8) is 0 Å². The minimum atomic E-state index is 0.0446. The summed E-state index contributed by atoms with van der Waals surface area (Å²) in [5, 5.41) is 0. The maximum absolute atomic E-state index is 13.4. The number of nitrogens with zero attached hydrogens (tertiary/aromatic N) is 5. The fourth-order valence-electron chi connectivity index (χ4n) is 4.44. The summed E-state index contributed by atoms with van der Waals surface area (Å²) in [5.41, 5.74) is 2.95. The number of rotatable bonds is 3. The first-order chi connectivity index (χ1) is 14.7. The molecule has 1 saturated heterocycles. The van der Waals surface area contributed by atoms with Crippen molar-refractivity contribution in [2.45, 2.75) is 19.4 Å². The normalized spacial score (nSPS) is 18.4. The van der Waals surface area contributed by atoms with E-state index < -0.39 is 0 Å². The van der Waals surface area contributed by atoms with Gasteiger partial charge >= 0.3 is 0 Å². The molecule has 2 aliphatic heterocycles. The van der Waals surface area contributed by atoms with E-state index in [1.807, 2.05) is 59.6 Å². The number of anilines is 3. The Bertz CT molecular complexity index is 1050. The van der Waals surface area contributed by atoms with E-state index in [1.165, 1.54) is 5.56 Å². The van der Waals surface area contributed by atoms with Crippen LogP contribution in [-0.2, 0) is 6.42 Å². The SMILES string of the molecule is CC1Cc2ccccc2N1C(=O)c1ccnc(N2CCN(c3ccccn3)CC2)c1. The van der Waals surface area contributed by atoms with Crippen LogP contribution in [0.5, 0.6) is 0 Å². The largest absolute Gasteiger partial charge is 0.353 e. The highest BCUT2D eigenvalue weighted by Gasteiger charge is 2.31. The molecule has 5 rings (SSSR count). The standard InChI is InChI=1S/C24H25N5O/c1-18-16-19-6-2-3-7-21(19)29(18)24(30)20-9-11-26-23(17-20)28-14-12-27(13-15-28)22-8-4-5-10-25-22/h2-11,17-18H,12-16H2,1H3. The van der Waals surface area contributed by atoms with Crippen molar-refractivity contribution < 1.29 is 4.79 Å². The lowest BCUT2D eigenvalue weighted by atomic mass is 10.1. The summed E-state index contributed by atoms with van der Waals surface area (Å²) in [6.07, 6.45) is 4.48. The van der Waals surface area contributed by atoms with Crippen LogP contribution in [0.2, 0.25) is 0 Å². The highest BCUT2D eigenvalue weighted by molar-refractivity contribution is 6.08. The minimum absolute atomic E-state index is 0.0446. The molecular formula is C24H25N5O. The number of amides is 1. The highest BCUT2D eigenvalue weighted by atomic mass is 16.2. The Labute approximate surface area is 176 Å². The molecule has 0 radical (unpaired) electrons. The molecule has 6 heteroatoms. The second-order valence-electron chi connectivity index (χ2n) is 7.92. The molecule has 2 aliphatic rings. The number of piperazine rings is 1. The van der Waals surface area contributed by atoms with Crippen LogP contribution in [0.3, 0.4) is 0 Å². The highest BCUT2D eigenvalue weighted by Crippen LogP contribution is 2.33. The van der Waals surface area contributed by atoms with Gasteiger partial charge in [0.05, 0.1) is 0 Å². The number of carbonyl (C=O) groups excluding carboxylic acids is 1. The predicted octanol–water partition coefficient (Wildman–Crippen LogP) is 3.39. The van der Waals surface area contributed by atoms with Crippen LogP contribution in [0.1, 0.15) is 22.8 Å². The molecule has 0 spiro atoms. The van der Waals surface area contributed by atoms with Gasteiger partial charge in [0.25, 0.3) is 5.91 Å². The lowest BCUT2D eigenvalue weighted by Gasteiger charge is -2.36. The third-order valence-electron chi connectivity index (χ3n) is 6.00. The zero-order chi connectivity index (χ0) is 20.5. The number of para-hydroxylation sites is 1. The molecule has 3 aromatic rings. The molecule has 0 bridgehead atoms. The van der Waals surface area contributed by atoms with E-state index >= 15 is 0 Å². The Morgan fingerprint density at radius 2 is 1.57 bits per heavy atom. The molecule has 1 fully saturated rings. The van der Waals surface area contributed by atoms with Crippen LogP contribution in [0.4, 0.5) is 17.3 Å².